The molecule has 1 fully saturated rings. The summed E-state index contributed by atoms with van der Waals surface area (Å²) < 4.78 is 5.71. The van der Waals surface area contributed by atoms with E-state index >= 15 is 0 Å². The van der Waals surface area contributed by atoms with Crippen LogP contribution in [0.5, 0.6) is 0 Å². The van der Waals surface area contributed by atoms with E-state index in [1.807, 2.05) is 30.3 Å². The molecule has 1 saturated heterocycles. The number of hydrogen-bond acceptors (Lipinski definition) is 2. The van der Waals surface area contributed by atoms with E-state index in [0.29, 0.717) is 12.5 Å². The first-order chi connectivity index (χ1) is 11.7. The van der Waals surface area contributed by atoms with Crippen LogP contribution in [-0.2, 0) is 4.74 Å². The number of Topliss-reactive ketones (excluding diaryl/α,β-unsaturated/α-hetero) is 1. The van der Waals surface area contributed by atoms with Gasteiger partial charge in [0.1, 0.15) is 0 Å². The molecule has 0 saturated carbocycles. The van der Waals surface area contributed by atoms with Crippen LogP contribution in [0.15, 0.2) is 66.7 Å². The minimum Gasteiger partial charge on any atom is -0.380 e. The van der Waals surface area contributed by atoms with Gasteiger partial charge in [-0.2, -0.15) is 0 Å². The molecule has 0 amide bonds. The number of ketones is 1. The molecule has 0 N–H and O–H groups in total. The number of fused-ring (bicyclic) bond motifs is 1. The Morgan fingerprint density at radius 3 is 2.46 bits per heavy atom. The van der Waals surface area contributed by atoms with Gasteiger partial charge in [-0.15, -0.1) is 0 Å². The smallest absolute Gasteiger partial charge is 0.167 e. The Labute approximate surface area is 143 Å². The molecule has 122 valence electrons. The lowest BCUT2D eigenvalue weighted by atomic mass is 9.67. The molecule has 1 heterocycles. The number of benzene rings is 2. The third-order valence-electron chi connectivity index (χ3n) is 5.41. The Bertz CT molecular complexity index is 745. The van der Waals surface area contributed by atoms with Crippen LogP contribution in [0.25, 0.3) is 0 Å². The summed E-state index contributed by atoms with van der Waals surface area (Å²) >= 11 is 0. The zero-order valence-electron chi connectivity index (χ0n) is 13.9. The molecule has 2 aromatic rings. The van der Waals surface area contributed by atoms with Crippen molar-refractivity contribution in [2.24, 2.45) is 17.8 Å². The van der Waals surface area contributed by atoms with Gasteiger partial charge in [-0.25, -0.2) is 0 Å². The summed E-state index contributed by atoms with van der Waals surface area (Å²) in [4.78, 5) is 13.3. The molecule has 0 unspecified atom stereocenters. The topological polar surface area (TPSA) is 26.3 Å². The maximum absolute atomic E-state index is 13.3. The molecule has 0 aromatic heterocycles. The van der Waals surface area contributed by atoms with Crippen LogP contribution < -0.4 is 0 Å². The number of hydrogen-bond donors (Lipinski definition) is 0. The van der Waals surface area contributed by atoms with Gasteiger partial charge in [0.05, 0.1) is 13.2 Å². The van der Waals surface area contributed by atoms with Crippen molar-refractivity contribution in [3.63, 3.8) is 0 Å². The van der Waals surface area contributed by atoms with Crippen molar-refractivity contribution in [2.45, 2.75) is 12.8 Å². The van der Waals surface area contributed by atoms with Gasteiger partial charge in [-0.3, -0.25) is 4.79 Å². The molecular weight excluding hydrogens is 296 g/mol. The normalized spacial score (nSPS) is 28.5. The monoisotopic (exact) mass is 318 g/mol. The second-order valence-corrected chi connectivity index (χ2v) is 6.94. The van der Waals surface area contributed by atoms with Gasteiger partial charge in [-0.1, -0.05) is 72.3 Å². The lowest BCUT2D eigenvalue weighted by Gasteiger charge is -2.34. The molecule has 0 spiro atoms. The Hall–Kier alpha value is -2.19. The average molecular weight is 318 g/mol. The highest BCUT2D eigenvalue weighted by atomic mass is 16.5. The molecule has 4 atom stereocenters. The molecule has 0 bridgehead atoms. The molecule has 2 nitrogen and oxygen atoms in total. The summed E-state index contributed by atoms with van der Waals surface area (Å²) in [7, 11) is 0. The lowest BCUT2D eigenvalue weighted by molar-refractivity contribution is 0.0821. The number of allylic oxidation sites excluding steroid dienone is 1. The summed E-state index contributed by atoms with van der Waals surface area (Å²) in [6.45, 7) is 3.51. The second kappa shape index (κ2) is 6.37. The Morgan fingerprint density at radius 1 is 0.958 bits per heavy atom. The highest BCUT2D eigenvalue weighted by Gasteiger charge is 2.44. The molecular formula is C22H22O2. The minimum atomic E-state index is -0.0485. The molecule has 1 aliphatic heterocycles. The average Bonchev–Trinajstić information content (AvgIpc) is 3.10. The van der Waals surface area contributed by atoms with Gasteiger partial charge in [0, 0.05) is 29.2 Å². The number of ether oxygens (including phenoxy) is 1. The van der Waals surface area contributed by atoms with Crippen LogP contribution in [-0.4, -0.2) is 19.0 Å². The van der Waals surface area contributed by atoms with Crippen LogP contribution in [0.3, 0.4) is 0 Å². The number of rotatable bonds is 3. The standard InChI is InChI=1S/C22H22O2/c1-15-7-9-16(10-8-15)19-12-11-18-13-24-14-20(18)21(19)22(23)17-5-3-2-4-6-17/h2-12,18-21H,13-14H2,1H3/t18-,19-,20+,21+/m0/s1. The Balaban J connectivity index is 1.74. The first-order valence-corrected chi connectivity index (χ1v) is 8.66. The van der Waals surface area contributed by atoms with Crippen molar-refractivity contribution in [2.75, 3.05) is 13.2 Å². The van der Waals surface area contributed by atoms with Gasteiger partial charge in [0.25, 0.3) is 0 Å². The largest absolute Gasteiger partial charge is 0.380 e. The van der Waals surface area contributed by atoms with Crippen molar-refractivity contribution in [1.82, 2.24) is 0 Å². The van der Waals surface area contributed by atoms with Gasteiger partial charge in [-0.05, 0) is 12.5 Å². The maximum atomic E-state index is 13.3. The molecule has 1 aliphatic carbocycles. The Kier molecular flexibility index (Phi) is 4.07. The van der Waals surface area contributed by atoms with Crippen LogP contribution >= 0.6 is 0 Å². The predicted octanol–water partition coefficient (Wildman–Crippen LogP) is 4.41. The highest BCUT2D eigenvalue weighted by Crippen LogP contribution is 2.44. The highest BCUT2D eigenvalue weighted by molar-refractivity contribution is 5.99. The second-order valence-electron chi connectivity index (χ2n) is 6.94. The lowest BCUT2D eigenvalue weighted by Crippen LogP contribution is -2.35. The first-order valence-electron chi connectivity index (χ1n) is 8.66. The van der Waals surface area contributed by atoms with E-state index in [1.54, 1.807) is 0 Å². The van der Waals surface area contributed by atoms with Crippen molar-refractivity contribution in [1.29, 1.82) is 0 Å². The van der Waals surface area contributed by atoms with E-state index in [-0.39, 0.29) is 23.5 Å². The van der Waals surface area contributed by atoms with Crippen LogP contribution in [0, 0.1) is 24.7 Å². The van der Waals surface area contributed by atoms with Gasteiger partial charge >= 0.3 is 0 Å². The molecule has 2 heteroatoms. The minimum absolute atomic E-state index is 0.0485. The fourth-order valence-electron chi connectivity index (χ4n) is 4.06. The van der Waals surface area contributed by atoms with Crippen molar-refractivity contribution in [3.8, 4) is 0 Å². The van der Waals surface area contributed by atoms with E-state index in [1.165, 1.54) is 11.1 Å². The Morgan fingerprint density at radius 2 is 1.71 bits per heavy atom. The van der Waals surface area contributed by atoms with E-state index in [4.69, 9.17) is 4.74 Å². The quantitative estimate of drug-likeness (QED) is 0.619. The van der Waals surface area contributed by atoms with Crippen LogP contribution in [0.4, 0.5) is 0 Å². The number of carbonyl (C=O) groups excluding carboxylic acids is 1. The van der Waals surface area contributed by atoms with Gasteiger partial charge in [0.2, 0.25) is 0 Å². The van der Waals surface area contributed by atoms with Crippen molar-refractivity contribution >= 4 is 5.78 Å². The maximum Gasteiger partial charge on any atom is 0.167 e. The summed E-state index contributed by atoms with van der Waals surface area (Å²) in [5.74, 6) is 0.957. The molecule has 24 heavy (non-hydrogen) atoms. The van der Waals surface area contributed by atoms with Crippen LogP contribution in [0.1, 0.15) is 27.4 Å². The molecule has 4 rings (SSSR count). The zero-order valence-corrected chi connectivity index (χ0v) is 13.9. The van der Waals surface area contributed by atoms with E-state index in [9.17, 15) is 4.79 Å². The SMILES string of the molecule is Cc1ccc([C@@H]2C=C[C@H]3COC[C@H]3[C@@H]2C(=O)c2ccccc2)cc1. The third kappa shape index (κ3) is 2.71. The first kappa shape index (κ1) is 15.3. The summed E-state index contributed by atoms with van der Waals surface area (Å²) in [5, 5.41) is 0. The van der Waals surface area contributed by atoms with E-state index in [0.717, 1.165) is 12.2 Å². The fourth-order valence-corrected chi connectivity index (χ4v) is 4.06. The van der Waals surface area contributed by atoms with Crippen LogP contribution in [0.2, 0.25) is 0 Å². The number of carbonyl (C=O) groups is 1. The van der Waals surface area contributed by atoms with Crippen molar-refractivity contribution in [3.05, 3.63) is 83.4 Å². The fraction of sp³-hybridized carbons (Fsp3) is 0.318. The third-order valence-corrected chi connectivity index (χ3v) is 5.41. The molecule has 2 aromatic carbocycles. The molecule has 2 aliphatic rings. The van der Waals surface area contributed by atoms with Gasteiger partial charge in [0.15, 0.2) is 5.78 Å². The summed E-state index contributed by atoms with van der Waals surface area (Å²) in [6.07, 6.45) is 4.49. The summed E-state index contributed by atoms with van der Waals surface area (Å²) in [6, 6.07) is 18.3. The van der Waals surface area contributed by atoms with Crippen molar-refractivity contribution < 1.29 is 9.53 Å². The van der Waals surface area contributed by atoms with Gasteiger partial charge < -0.3 is 4.74 Å². The molecule has 0 radical (unpaired) electrons. The zero-order chi connectivity index (χ0) is 16.5. The van der Waals surface area contributed by atoms with E-state index in [2.05, 4.69) is 43.3 Å². The summed E-state index contributed by atoms with van der Waals surface area (Å²) in [5.41, 5.74) is 3.27. The van der Waals surface area contributed by atoms with E-state index < -0.39 is 0 Å². The predicted molar refractivity (Wildman–Crippen MR) is 95.1 cm³/mol. The number of aryl methyl sites for hydroxylation is 1.